The Morgan fingerprint density at radius 2 is 2.11 bits per heavy atom. The number of aliphatic hydroxyl groups excluding tert-OH is 1. The van der Waals surface area contributed by atoms with E-state index in [0.29, 0.717) is 19.4 Å². The van der Waals surface area contributed by atoms with Crippen molar-refractivity contribution in [1.82, 2.24) is 5.32 Å². The molecule has 0 aliphatic carbocycles. The van der Waals surface area contributed by atoms with Gasteiger partial charge in [0.2, 0.25) is 0 Å². The highest BCUT2D eigenvalue weighted by Gasteiger charge is 2.13. The van der Waals surface area contributed by atoms with E-state index >= 15 is 0 Å². The highest BCUT2D eigenvalue weighted by atomic mass is 35.5. The largest absolute Gasteiger partial charge is 0.393 e. The number of carbonyl (C=O) groups is 1. The van der Waals surface area contributed by atoms with Crippen LogP contribution in [-0.2, 0) is 0 Å². The van der Waals surface area contributed by atoms with E-state index in [0.717, 1.165) is 6.07 Å². The summed E-state index contributed by atoms with van der Waals surface area (Å²) in [5.74, 6) is -1.14. The van der Waals surface area contributed by atoms with Crippen molar-refractivity contribution in [3.05, 3.63) is 33.6 Å². The van der Waals surface area contributed by atoms with Crippen LogP contribution in [0.5, 0.6) is 0 Å². The second-order valence-corrected chi connectivity index (χ2v) is 4.81. The van der Waals surface area contributed by atoms with Crippen LogP contribution in [0, 0.1) is 5.82 Å². The van der Waals surface area contributed by atoms with Crippen molar-refractivity contribution >= 4 is 29.1 Å². The summed E-state index contributed by atoms with van der Waals surface area (Å²) in [4.78, 5) is 11.7. The van der Waals surface area contributed by atoms with Gasteiger partial charge in [-0.15, -0.1) is 0 Å². The maximum absolute atomic E-state index is 13.2. The fraction of sp³-hybridized carbons (Fsp3) is 0.417. The summed E-state index contributed by atoms with van der Waals surface area (Å²) in [6, 6.07) is 2.21. The standard InChI is InChI=1S/C12H14Cl2FNO2/c1-7(17)3-2-4-16-12(18)8-5-11(15)10(14)6-9(8)13/h5-7,17H,2-4H2,1H3,(H,16,18). The third-order valence-electron chi connectivity index (χ3n) is 2.34. The zero-order chi connectivity index (χ0) is 13.7. The Morgan fingerprint density at radius 3 is 2.72 bits per heavy atom. The van der Waals surface area contributed by atoms with Crippen LogP contribution < -0.4 is 5.32 Å². The molecule has 0 aliphatic heterocycles. The lowest BCUT2D eigenvalue weighted by Crippen LogP contribution is -2.25. The molecule has 18 heavy (non-hydrogen) atoms. The second-order valence-electron chi connectivity index (χ2n) is 3.99. The summed E-state index contributed by atoms with van der Waals surface area (Å²) in [5, 5.41) is 11.6. The van der Waals surface area contributed by atoms with Crippen molar-refractivity contribution < 1.29 is 14.3 Å². The number of amides is 1. The average Bonchev–Trinajstić information content (AvgIpc) is 2.28. The van der Waals surface area contributed by atoms with Crippen molar-refractivity contribution in [2.24, 2.45) is 0 Å². The van der Waals surface area contributed by atoms with Gasteiger partial charge in [-0.3, -0.25) is 4.79 Å². The average molecular weight is 294 g/mol. The molecule has 100 valence electrons. The maximum atomic E-state index is 13.2. The number of nitrogens with one attached hydrogen (secondary N) is 1. The Morgan fingerprint density at radius 1 is 1.44 bits per heavy atom. The van der Waals surface area contributed by atoms with E-state index in [4.69, 9.17) is 28.3 Å². The quantitative estimate of drug-likeness (QED) is 0.648. The first-order chi connectivity index (χ1) is 8.41. The Kier molecular flexibility index (Phi) is 5.85. The zero-order valence-corrected chi connectivity index (χ0v) is 11.4. The molecule has 1 rings (SSSR count). The second kappa shape index (κ2) is 6.92. The number of benzene rings is 1. The summed E-state index contributed by atoms with van der Waals surface area (Å²) in [6.07, 6.45) is 0.818. The number of rotatable bonds is 5. The molecule has 1 aromatic carbocycles. The molecule has 1 amide bonds. The third kappa shape index (κ3) is 4.44. The van der Waals surface area contributed by atoms with Crippen molar-refractivity contribution in [3.63, 3.8) is 0 Å². The zero-order valence-electron chi connectivity index (χ0n) is 9.84. The van der Waals surface area contributed by atoms with Gasteiger partial charge in [-0.1, -0.05) is 23.2 Å². The SMILES string of the molecule is CC(O)CCCNC(=O)c1cc(F)c(Cl)cc1Cl. The Labute approximate surface area is 115 Å². The fourth-order valence-electron chi connectivity index (χ4n) is 1.39. The first-order valence-corrected chi connectivity index (χ1v) is 6.28. The van der Waals surface area contributed by atoms with Gasteiger partial charge in [-0.25, -0.2) is 4.39 Å². The molecule has 0 heterocycles. The van der Waals surface area contributed by atoms with Gasteiger partial charge < -0.3 is 10.4 Å². The minimum atomic E-state index is -0.685. The molecule has 0 aliphatic rings. The van der Waals surface area contributed by atoms with E-state index in [2.05, 4.69) is 5.32 Å². The minimum absolute atomic E-state index is 0.0515. The highest BCUT2D eigenvalue weighted by molar-refractivity contribution is 6.36. The van der Waals surface area contributed by atoms with Gasteiger partial charge in [0.25, 0.3) is 5.91 Å². The molecule has 0 fully saturated rings. The predicted octanol–water partition coefficient (Wildman–Crippen LogP) is 3.02. The van der Waals surface area contributed by atoms with Crippen molar-refractivity contribution in [2.45, 2.75) is 25.9 Å². The van der Waals surface area contributed by atoms with Crippen LogP contribution in [0.1, 0.15) is 30.1 Å². The highest BCUT2D eigenvalue weighted by Crippen LogP contribution is 2.24. The molecule has 2 N–H and O–H groups in total. The van der Waals surface area contributed by atoms with Crippen LogP contribution in [0.3, 0.4) is 0 Å². The number of hydrogen-bond donors (Lipinski definition) is 2. The van der Waals surface area contributed by atoms with Crippen molar-refractivity contribution in [2.75, 3.05) is 6.54 Å². The molecule has 6 heteroatoms. The van der Waals surface area contributed by atoms with Crippen LogP contribution >= 0.6 is 23.2 Å². The normalized spacial score (nSPS) is 12.3. The number of halogens is 3. The van der Waals surface area contributed by atoms with Crippen LogP contribution in [0.4, 0.5) is 4.39 Å². The smallest absolute Gasteiger partial charge is 0.252 e. The molecular weight excluding hydrogens is 280 g/mol. The molecule has 0 radical (unpaired) electrons. The molecule has 0 spiro atoms. The summed E-state index contributed by atoms with van der Waals surface area (Å²) in [7, 11) is 0. The van der Waals surface area contributed by atoms with E-state index < -0.39 is 17.8 Å². The van der Waals surface area contributed by atoms with Gasteiger partial charge >= 0.3 is 0 Å². The summed E-state index contributed by atoms with van der Waals surface area (Å²) >= 11 is 11.3. The molecular formula is C12H14Cl2FNO2. The Bertz CT molecular complexity index is 438. The lowest BCUT2D eigenvalue weighted by molar-refractivity contribution is 0.0949. The van der Waals surface area contributed by atoms with Gasteiger partial charge in [0, 0.05) is 6.54 Å². The van der Waals surface area contributed by atoms with Crippen molar-refractivity contribution in [1.29, 1.82) is 0 Å². The van der Waals surface area contributed by atoms with Gasteiger partial charge in [0.05, 0.1) is 21.7 Å². The summed E-state index contributed by atoms with van der Waals surface area (Å²) in [5.41, 5.74) is 0.0515. The van der Waals surface area contributed by atoms with Crippen LogP contribution in [0.2, 0.25) is 10.0 Å². The first kappa shape index (κ1) is 15.2. The number of carbonyl (C=O) groups excluding carboxylic acids is 1. The third-order valence-corrected chi connectivity index (χ3v) is 2.94. The lowest BCUT2D eigenvalue weighted by Gasteiger charge is -2.08. The number of hydrogen-bond acceptors (Lipinski definition) is 2. The predicted molar refractivity (Wildman–Crippen MR) is 69.7 cm³/mol. The topological polar surface area (TPSA) is 49.3 Å². The molecule has 0 saturated heterocycles. The lowest BCUT2D eigenvalue weighted by atomic mass is 10.2. The minimum Gasteiger partial charge on any atom is -0.393 e. The summed E-state index contributed by atoms with van der Waals surface area (Å²) in [6.45, 7) is 2.07. The fourth-order valence-corrected chi connectivity index (χ4v) is 1.86. The van der Waals surface area contributed by atoms with Gasteiger partial charge in [0.1, 0.15) is 5.82 Å². The van der Waals surface area contributed by atoms with E-state index in [1.165, 1.54) is 6.07 Å². The van der Waals surface area contributed by atoms with E-state index in [-0.39, 0.29) is 15.6 Å². The van der Waals surface area contributed by atoms with E-state index in [9.17, 15) is 9.18 Å². The maximum Gasteiger partial charge on any atom is 0.252 e. The van der Waals surface area contributed by atoms with Crippen LogP contribution in [0.25, 0.3) is 0 Å². The van der Waals surface area contributed by atoms with E-state index in [1.807, 2.05) is 0 Å². The molecule has 1 aromatic rings. The van der Waals surface area contributed by atoms with Crippen molar-refractivity contribution in [3.8, 4) is 0 Å². The first-order valence-electron chi connectivity index (χ1n) is 5.52. The van der Waals surface area contributed by atoms with E-state index in [1.54, 1.807) is 6.92 Å². The van der Waals surface area contributed by atoms with Gasteiger partial charge in [0.15, 0.2) is 0 Å². The molecule has 0 aromatic heterocycles. The Balaban J connectivity index is 2.59. The summed E-state index contributed by atoms with van der Waals surface area (Å²) < 4.78 is 13.2. The van der Waals surface area contributed by atoms with Crippen LogP contribution in [-0.4, -0.2) is 23.7 Å². The van der Waals surface area contributed by atoms with Gasteiger partial charge in [-0.2, -0.15) is 0 Å². The van der Waals surface area contributed by atoms with Crippen LogP contribution in [0.15, 0.2) is 12.1 Å². The molecule has 0 bridgehead atoms. The molecule has 1 unspecified atom stereocenters. The Hall–Kier alpha value is -0.840. The number of aliphatic hydroxyl groups is 1. The molecule has 1 atom stereocenters. The van der Waals surface area contributed by atoms with Gasteiger partial charge in [-0.05, 0) is 31.9 Å². The molecule has 0 saturated carbocycles. The molecule has 3 nitrogen and oxygen atoms in total. The monoisotopic (exact) mass is 293 g/mol.